The van der Waals surface area contributed by atoms with Gasteiger partial charge in [0.05, 0.1) is 12.4 Å². The molecule has 3 rings (SSSR count). The Morgan fingerprint density at radius 1 is 1.16 bits per heavy atom. The predicted octanol–water partition coefficient (Wildman–Crippen LogP) is 4.31. The summed E-state index contributed by atoms with van der Waals surface area (Å²) in [5.74, 6) is 0.894. The van der Waals surface area contributed by atoms with E-state index in [4.69, 9.17) is 16.3 Å². The molecule has 3 amide bonds. The first-order chi connectivity index (χ1) is 15.4. The van der Waals surface area contributed by atoms with E-state index in [1.54, 1.807) is 12.1 Å². The fraction of sp³-hybridized carbons (Fsp3) is 0.273. The normalized spacial score (nSPS) is 10.8. The zero-order valence-corrected chi connectivity index (χ0v) is 19.5. The number of amides is 3. The summed E-state index contributed by atoms with van der Waals surface area (Å²) < 4.78 is 7.37. The molecule has 0 saturated carbocycles. The number of rotatable bonds is 8. The Hall–Kier alpha value is -3.04. The van der Waals surface area contributed by atoms with Gasteiger partial charge in [-0.25, -0.2) is 4.79 Å². The maximum Gasteiger partial charge on any atom is 0.321 e. The summed E-state index contributed by atoms with van der Waals surface area (Å²) in [6, 6.07) is 14.2. The molecule has 0 aliphatic heterocycles. The van der Waals surface area contributed by atoms with Gasteiger partial charge in [-0.3, -0.25) is 14.7 Å². The van der Waals surface area contributed by atoms with Crippen molar-refractivity contribution in [1.29, 1.82) is 0 Å². The molecule has 0 aliphatic carbocycles. The largest absolute Gasteiger partial charge is 0.494 e. The molecule has 0 radical (unpaired) electrons. The van der Waals surface area contributed by atoms with Crippen LogP contribution < -0.4 is 15.4 Å². The van der Waals surface area contributed by atoms with E-state index in [-0.39, 0.29) is 11.8 Å². The summed E-state index contributed by atoms with van der Waals surface area (Å²) in [6.07, 6.45) is 0. The maximum absolute atomic E-state index is 12.2. The number of aromatic nitrogens is 3. The van der Waals surface area contributed by atoms with Crippen molar-refractivity contribution in [1.82, 2.24) is 25.4 Å². The SMILES string of the molecule is CCOc1ccc(-n2c(SCC(=O)NC(=O)NC(C)C)nnc2-c2cccc(Cl)c2)cc1. The highest BCUT2D eigenvalue weighted by atomic mass is 35.5. The van der Waals surface area contributed by atoms with Crippen molar-refractivity contribution in [3.05, 3.63) is 53.6 Å². The smallest absolute Gasteiger partial charge is 0.321 e. The monoisotopic (exact) mass is 473 g/mol. The minimum absolute atomic E-state index is 0.00375. The molecule has 0 unspecified atom stereocenters. The summed E-state index contributed by atoms with van der Waals surface area (Å²) >= 11 is 7.35. The number of urea groups is 1. The Kier molecular flexibility index (Phi) is 8.13. The van der Waals surface area contributed by atoms with Crippen molar-refractivity contribution >= 4 is 35.3 Å². The lowest BCUT2D eigenvalue weighted by atomic mass is 10.2. The lowest BCUT2D eigenvalue weighted by Gasteiger charge is -2.12. The number of imide groups is 1. The molecule has 0 fully saturated rings. The summed E-state index contributed by atoms with van der Waals surface area (Å²) in [5, 5.41) is 14.6. The van der Waals surface area contributed by atoms with Crippen molar-refractivity contribution in [2.75, 3.05) is 12.4 Å². The standard InChI is InChI=1S/C22H24ClN5O3S/c1-4-31-18-10-8-17(9-11-18)28-20(15-6-5-7-16(23)12-15)26-27-22(28)32-13-19(29)25-21(30)24-14(2)3/h5-12,14H,4,13H2,1-3H3,(H2,24,25,29,30). The van der Waals surface area contributed by atoms with Crippen LogP contribution in [-0.4, -0.2) is 45.1 Å². The van der Waals surface area contributed by atoms with Gasteiger partial charge in [0.2, 0.25) is 5.91 Å². The van der Waals surface area contributed by atoms with Crippen LogP contribution >= 0.6 is 23.4 Å². The predicted molar refractivity (Wildman–Crippen MR) is 126 cm³/mol. The Balaban J connectivity index is 1.87. The lowest BCUT2D eigenvalue weighted by Crippen LogP contribution is -2.43. The van der Waals surface area contributed by atoms with Gasteiger partial charge in [0.25, 0.3) is 0 Å². The van der Waals surface area contributed by atoms with Gasteiger partial charge in [-0.05, 0) is 57.2 Å². The number of nitrogens with zero attached hydrogens (tertiary/aromatic N) is 3. The van der Waals surface area contributed by atoms with Gasteiger partial charge in [-0.2, -0.15) is 0 Å². The van der Waals surface area contributed by atoms with Crippen LogP contribution in [0.1, 0.15) is 20.8 Å². The van der Waals surface area contributed by atoms with Crippen LogP contribution in [0.15, 0.2) is 53.7 Å². The highest BCUT2D eigenvalue weighted by Gasteiger charge is 2.18. The Morgan fingerprint density at radius 3 is 2.56 bits per heavy atom. The number of hydrogen-bond donors (Lipinski definition) is 2. The molecule has 8 nitrogen and oxygen atoms in total. The second kappa shape index (κ2) is 11.0. The second-order valence-corrected chi connectivity index (χ2v) is 8.42. The molecule has 168 valence electrons. The topological polar surface area (TPSA) is 98.1 Å². The van der Waals surface area contributed by atoms with Gasteiger partial charge in [0.15, 0.2) is 11.0 Å². The van der Waals surface area contributed by atoms with E-state index in [0.717, 1.165) is 17.0 Å². The van der Waals surface area contributed by atoms with Crippen LogP contribution in [-0.2, 0) is 4.79 Å². The fourth-order valence-corrected chi connectivity index (χ4v) is 3.80. The van der Waals surface area contributed by atoms with Crippen LogP contribution in [0.5, 0.6) is 5.75 Å². The van der Waals surface area contributed by atoms with Crippen LogP contribution in [0.4, 0.5) is 4.79 Å². The molecule has 0 aliphatic rings. The van der Waals surface area contributed by atoms with Gasteiger partial charge < -0.3 is 10.1 Å². The number of carbonyl (C=O) groups is 2. The highest BCUT2D eigenvalue weighted by molar-refractivity contribution is 7.99. The van der Waals surface area contributed by atoms with Crippen molar-refractivity contribution in [3.8, 4) is 22.8 Å². The maximum atomic E-state index is 12.2. The third-order valence-corrected chi connectivity index (χ3v) is 5.29. The highest BCUT2D eigenvalue weighted by Crippen LogP contribution is 2.30. The van der Waals surface area contributed by atoms with Crippen LogP contribution in [0.3, 0.4) is 0 Å². The Labute approximate surface area is 195 Å². The van der Waals surface area contributed by atoms with Gasteiger partial charge in [0.1, 0.15) is 5.75 Å². The first-order valence-corrected chi connectivity index (χ1v) is 11.4. The van der Waals surface area contributed by atoms with E-state index in [0.29, 0.717) is 22.6 Å². The van der Waals surface area contributed by atoms with Gasteiger partial charge in [0, 0.05) is 22.3 Å². The van der Waals surface area contributed by atoms with Gasteiger partial charge in [-0.1, -0.05) is 35.5 Å². The fourth-order valence-electron chi connectivity index (χ4n) is 2.86. The molecule has 2 N–H and O–H groups in total. The van der Waals surface area contributed by atoms with E-state index < -0.39 is 11.9 Å². The van der Waals surface area contributed by atoms with Crippen molar-refractivity contribution < 1.29 is 14.3 Å². The van der Waals surface area contributed by atoms with Crippen molar-refractivity contribution in [2.24, 2.45) is 0 Å². The minimum atomic E-state index is -0.529. The number of hydrogen-bond acceptors (Lipinski definition) is 6. The van der Waals surface area contributed by atoms with Crippen molar-refractivity contribution in [2.45, 2.75) is 32.0 Å². The van der Waals surface area contributed by atoms with E-state index >= 15 is 0 Å². The van der Waals surface area contributed by atoms with Crippen molar-refractivity contribution in [3.63, 3.8) is 0 Å². The number of carbonyl (C=O) groups excluding carboxylic acids is 2. The molecular formula is C22H24ClN5O3S. The third kappa shape index (κ3) is 6.24. The molecule has 0 bridgehead atoms. The molecule has 1 aromatic heterocycles. The molecule has 2 aromatic carbocycles. The quantitative estimate of drug-likeness (QED) is 0.473. The van der Waals surface area contributed by atoms with Gasteiger partial charge in [-0.15, -0.1) is 10.2 Å². The van der Waals surface area contributed by atoms with Crippen LogP contribution in [0.25, 0.3) is 17.1 Å². The second-order valence-electron chi connectivity index (χ2n) is 7.04. The molecule has 0 saturated heterocycles. The van der Waals surface area contributed by atoms with Crippen LogP contribution in [0, 0.1) is 0 Å². The minimum Gasteiger partial charge on any atom is -0.494 e. The first kappa shape index (κ1) is 23.6. The molecule has 3 aromatic rings. The molecule has 1 heterocycles. The molecule has 10 heteroatoms. The summed E-state index contributed by atoms with van der Waals surface area (Å²) in [5.41, 5.74) is 1.58. The summed E-state index contributed by atoms with van der Waals surface area (Å²) in [4.78, 5) is 24.0. The Bertz CT molecular complexity index is 1090. The number of halogens is 1. The van der Waals surface area contributed by atoms with E-state index in [1.807, 2.05) is 61.7 Å². The molecular weight excluding hydrogens is 450 g/mol. The average Bonchev–Trinajstić information content (AvgIpc) is 3.16. The molecule has 0 atom stereocenters. The Morgan fingerprint density at radius 2 is 1.91 bits per heavy atom. The molecule has 0 spiro atoms. The van der Waals surface area contributed by atoms with Gasteiger partial charge >= 0.3 is 6.03 Å². The van der Waals surface area contributed by atoms with E-state index in [2.05, 4.69) is 20.8 Å². The number of thioether (sulfide) groups is 1. The molecule has 32 heavy (non-hydrogen) atoms. The van der Waals surface area contributed by atoms with E-state index in [1.165, 1.54) is 11.8 Å². The number of ether oxygens (including phenoxy) is 1. The third-order valence-electron chi connectivity index (χ3n) is 4.13. The zero-order valence-electron chi connectivity index (χ0n) is 18.0. The summed E-state index contributed by atoms with van der Waals surface area (Å²) in [7, 11) is 0. The van der Waals surface area contributed by atoms with Crippen LogP contribution in [0.2, 0.25) is 5.02 Å². The number of benzene rings is 2. The summed E-state index contributed by atoms with van der Waals surface area (Å²) in [6.45, 7) is 6.12. The first-order valence-electron chi connectivity index (χ1n) is 10.0. The average molecular weight is 474 g/mol. The van der Waals surface area contributed by atoms with E-state index in [9.17, 15) is 9.59 Å². The zero-order chi connectivity index (χ0) is 23.1. The number of nitrogens with one attached hydrogen (secondary N) is 2. The lowest BCUT2D eigenvalue weighted by molar-refractivity contribution is -0.117.